The van der Waals surface area contributed by atoms with Gasteiger partial charge in [0.25, 0.3) is 0 Å². The highest BCUT2D eigenvalue weighted by molar-refractivity contribution is 5.90. The lowest BCUT2D eigenvalue weighted by atomic mass is 9.62. The number of carboxylic acids is 1. The molecule has 1 saturated heterocycles. The first-order valence-electron chi connectivity index (χ1n) is 12.5. The Morgan fingerprint density at radius 1 is 1.16 bits per heavy atom. The van der Waals surface area contributed by atoms with Crippen molar-refractivity contribution in [3.8, 4) is 0 Å². The van der Waals surface area contributed by atoms with Gasteiger partial charge in [-0.15, -0.1) is 0 Å². The van der Waals surface area contributed by atoms with Crippen LogP contribution in [-0.4, -0.2) is 40.2 Å². The second-order valence-corrected chi connectivity index (χ2v) is 10.2. The van der Waals surface area contributed by atoms with Crippen LogP contribution in [0, 0.1) is 11.3 Å². The summed E-state index contributed by atoms with van der Waals surface area (Å²) < 4.78 is 17.6. The van der Waals surface area contributed by atoms with Gasteiger partial charge in [-0.3, -0.25) is 9.59 Å². The topological polar surface area (TPSA) is 116 Å². The van der Waals surface area contributed by atoms with E-state index in [1.54, 1.807) is 25.2 Å². The average molecular weight is 509 g/mol. The van der Waals surface area contributed by atoms with Crippen LogP contribution >= 0.6 is 0 Å². The molecule has 0 radical (unpaired) electrons. The van der Waals surface area contributed by atoms with Crippen LogP contribution in [0.4, 0.5) is 0 Å². The first-order chi connectivity index (χ1) is 17.5. The Hall–Kier alpha value is -3.68. The van der Waals surface area contributed by atoms with E-state index in [1.807, 2.05) is 30.3 Å². The Bertz CT molecular complexity index is 1200. The molecule has 2 bridgehead atoms. The zero-order chi connectivity index (χ0) is 26.8. The highest BCUT2D eigenvalue weighted by Gasteiger charge is 2.74. The van der Waals surface area contributed by atoms with Crippen molar-refractivity contribution in [1.82, 2.24) is 0 Å². The summed E-state index contributed by atoms with van der Waals surface area (Å²) in [5.41, 5.74) is -1.95. The fourth-order valence-electron chi connectivity index (χ4n) is 6.14. The highest BCUT2D eigenvalue weighted by atomic mass is 16.6. The molecule has 1 heterocycles. The minimum absolute atomic E-state index is 0.133. The molecule has 4 rings (SSSR count). The van der Waals surface area contributed by atoms with Gasteiger partial charge in [-0.05, 0) is 57.6 Å². The van der Waals surface area contributed by atoms with Gasteiger partial charge >= 0.3 is 23.9 Å². The third-order valence-electron chi connectivity index (χ3n) is 8.00. The molecular formula is C29H32O8. The lowest BCUT2D eigenvalue weighted by molar-refractivity contribution is -0.235. The van der Waals surface area contributed by atoms with Crippen LogP contribution in [0.3, 0.4) is 0 Å². The number of carbonyl (C=O) groups excluding carboxylic acids is 3. The molecular weight excluding hydrogens is 476 g/mol. The first-order valence-corrected chi connectivity index (χ1v) is 12.5. The SMILES string of the molecule is CC(=O)O[C@]12CCC(C(=O)OCc3ccccc3)=CC[C@]13CC[C@H]2[C@@](C)(/C=C/C=C(\C)C(=O)O)OC3=O. The van der Waals surface area contributed by atoms with Gasteiger partial charge in [-0.25, -0.2) is 9.59 Å². The van der Waals surface area contributed by atoms with E-state index in [-0.39, 0.29) is 37.4 Å². The normalized spacial score (nSPS) is 31.1. The molecule has 0 spiro atoms. The summed E-state index contributed by atoms with van der Waals surface area (Å²) in [6, 6.07) is 9.36. The molecule has 8 heteroatoms. The number of carbonyl (C=O) groups is 4. The van der Waals surface area contributed by atoms with E-state index in [1.165, 1.54) is 19.9 Å². The summed E-state index contributed by atoms with van der Waals surface area (Å²) in [5, 5.41) is 9.14. The van der Waals surface area contributed by atoms with Crippen molar-refractivity contribution >= 4 is 23.9 Å². The third-order valence-corrected chi connectivity index (χ3v) is 8.00. The maximum atomic E-state index is 13.7. The van der Waals surface area contributed by atoms with Gasteiger partial charge < -0.3 is 19.3 Å². The van der Waals surface area contributed by atoms with E-state index >= 15 is 0 Å². The van der Waals surface area contributed by atoms with Crippen molar-refractivity contribution in [2.45, 2.75) is 70.7 Å². The summed E-state index contributed by atoms with van der Waals surface area (Å²) in [6.07, 6.45) is 8.16. The van der Waals surface area contributed by atoms with Gasteiger partial charge in [0.2, 0.25) is 0 Å². The van der Waals surface area contributed by atoms with E-state index < -0.39 is 40.5 Å². The molecule has 1 aromatic rings. The summed E-state index contributed by atoms with van der Waals surface area (Å²) >= 11 is 0. The summed E-state index contributed by atoms with van der Waals surface area (Å²) in [4.78, 5) is 50.1. The Balaban J connectivity index is 1.63. The maximum absolute atomic E-state index is 13.7. The average Bonchev–Trinajstić information content (AvgIpc) is 2.99. The van der Waals surface area contributed by atoms with Crippen LogP contribution in [0.25, 0.3) is 0 Å². The zero-order valence-electron chi connectivity index (χ0n) is 21.3. The van der Waals surface area contributed by atoms with Gasteiger partial charge in [0.1, 0.15) is 23.2 Å². The minimum Gasteiger partial charge on any atom is -0.478 e. The number of benzene rings is 1. The molecule has 1 aromatic carbocycles. The zero-order valence-corrected chi connectivity index (χ0v) is 21.3. The number of hydrogen-bond acceptors (Lipinski definition) is 7. The number of ether oxygens (including phenoxy) is 3. The molecule has 3 aliphatic rings. The lowest BCUT2D eigenvalue weighted by Crippen LogP contribution is -2.65. The predicted molar refractivity (Wildman–Crippen MR) is 133 cm³/mol. The molecule has 37 heavy (non-hydrogen) atoms. The van der Waals surface area contributed by atoms with E-state index in [2.05, 4.69) is 0 Å². The second-order valence-electron chi connectivity index (χ2n) is 10.2. The van der Waals surface area contributed by atoms with Crippen molar-refractivity contribution in [3.63, 3.8) is 0 Å². The Morgan fingerprint density at radius 2 is 1.89 bits per heavy atom. The van der Waals surface area contributed by atoms with Gasteiger partial charge in [0.15, 0.2) is 0 Å². The maximum Gasteiger partial charge on any atom is 0.334 e. The Morgan fingerprint density at radius 3 is 2.57 bits per heavy atom. The second kappa shape index (κ2) is 10.00. The van der Waals surface area contributed by atoms with Crippen LogP contribution in [0.15, 0.2) is 65.8 Å². The number of carboxylic acid groups (broad SMARTS) is 1. The number of esters is 3. The van der Waals surface area contributed by atoms with Gasteiger partial charge in [0.05, 0.1) is 0 Å². The Kier molecular flexibility index (Phi) is 7.13. The van der Waals surface area contributed by atoms with Gasteiger partial charge in [0, 0.05) is 24.0 Å². The fourth-order valence-corrected chi connectivity index (χ4v) is 6.14. The molecule has 1 saturated carbocycles. The lowest BCUT2D eigenvalue weighted by Gasteiger charge is -2.54. The number of aliphatic carboxylic acids is 1. The molecule has 1 N–H and O–H groups in total. The quantitative estimate of drug-likeness (QED) is 0.249. The number of hydrogen-bond donors (Lipinski definition) is 1. The van der Waals surface area contributed by atoms with Crippen LogP contribution < -0.4 is 0 Å². The van der Waals surface area contributed by atoms with E-state index in [0.29, 0.717) is 18.4 Å². The molecule has 0 unspecified atom stereocenters. The number of rotatable bonds is 7. The standard InChI is InChI=1S/C29H32O8/c1-19(24(31)32)8-7-14-27(3)23-13-16-28(26(34)37-27)15-11-22(12-17-29(23,28)36-20(2)30)25(33)35-18-21-9-5-4-6-10-21/h4-11,14,23H,12-13,15-18H2,1-3H3,(H,31,32)/b14-7+,19-8+/t23-,27+,28+,29-/m0/s1. The Labute approximate surface area is 216 Å². The largest absolute Gasteiger partial charge is 0.478 e. The van der Waals surface area contributed by atoms with Crippen molar-refractivity contribution < 1.29 is 38.5 Å². The van der Waals surface area contributed by atoms with E-state index in [9.17, 15) is 19.2 Å². The van der Waals surface area contributed by atoms with Crippen molar-refractivity contribution in [2.75, 3.05) is 0 Å². The fraction of sp³-hybridized carbons (Fsp3) is 0.448. The molecule has 2 aliphatic carbocycles. The molecule has 4 atom stereocenters. The highest BCUT2D eigenvalue weighted by Crippen LogP contribution is 2.65. The molecule has 196 valence electrons. The monoisotopic (exact) mass is 508 g/mol. The van der Waals surface area contributed by atoms with Crippen molar-refractivity contribution in [3.05, 3.63) is 71.3 Å². The first kappa shape index (κ1) is 26.4. The van der Waals surface area contributed by atoms with Crippen molar-refractivity contribution in [2.24, 2.45) is 11.3 Å². The molecule has 0 aromatic heterocycles. The number of cyclic esters (lactones) is 1. The summed E-state index contributed by atoms with van der Waals surface area (Å²) in [5.74, 6) is -2.87. The summed E-state index contributed by atoms with van der Waals surface area (Å²) in [6.45, 7) is 4.68. The van der Waals surface area contributed by atoms with Crippen molar-refractivity contribution in [1.29, 1.82) is 0 Å². The van der Waals surface area contributed by atoms with E-state index in [0.717, 1.165) is 5.56 Å². The van der Waals surface area contributed by atoms with Gasteiger partial charge in [-0.2, -0.15) is 0 Å². The predicted octanol–water partition coefficient (Wildman–Crippen LogP) is 4.44. The third kappa shape index (κ3) is 4.72. The smallest absolute Gasteiger partial charge is 0.334 e. The minimum atomic E-state index is -1.17. The molecule has 8 nitrogen and oxygen atoms in total. The number of allylic oxidation sites excluding steroid dienone is 3. The van der Waals surface area contributed by atoms with Crippen LogP contribution in [0.2, 0.25) is 0 Å². The molecule has 0 amide bonds. The van der Waals surface area contributed by atoms with Crippen LogP contribution in [-0.2, 0) is 40.0 Å². The van der Waals surface area contributed by atoms with Crippen LogP contribution in [0.5, 0.6) is 0 Å². The van der Waals surface area contributed by atoms with E-state index in [4.69, 9.17) is 19.3 Å². The van der Waals surface area contributed by atoms with Crippen LogP contribution in [0.1, 0.15) is 58.4 Å². The summed E-state index contributed by atoms with van der Waals surface area (Å²) in [7, 11) is 0. The molecule has 2 fully saturated rings. The molecule has 1 aliphatic heterocycles. The van der Waals surface area contributed by atoms with Gasteiger partial charge in [-0.1, -0.05) is 48.6 Å².